The molecule has 3 rings (SSSR count). The third-order valence-electron chi connectivity index (χ3n) is 4.56. The predicted molar refractivity (Wildman–Crippen MR) is 87.2 cm³/mol. The number of hydrogen-bond donors (Lipinski definition) is 1. The van der Waals surface area contributed by atoms with Gasteiger partial charge in [-0.15, -0.1) is 0 Å². The highest BCUT2D eigenvalue weighted by Crippen LogP contribution is 2.33. The van der Waals surface area contributed by atoms with Gasteiger partial charge in [-0.25, -0.2) is 8.42 Å². The summed E-state index contributed by atoms with van der Waals surface area (Å²) < 4.78 is 25.0. The topological polar surface area (TPSA) is 74.7 Å². The first-order valence-electron chi connectivity index (χ1n) is 7.87. The first-order chi connectivity index (χ1) is 10.9. The van der Waals surface area contributed by atoms with Crippen LogP contribution in [0.1, 0.15) is 25.7 Å². The molecule has 1 N–H and O–H groups in total. The number of halogens is 1. The van der Waals surface area contributed by atoms with Crippen LogP contribution in [0.15, 0.2) is 23.1 Å². The van der Waals surface area contributed by atoms with Crippen molar-refractivity contribution in [2.45, 2.75) is 30.6 Å². The van der Waals surface area contributed by atoms with Crippen molar-refractivity contribution >= 4 is 27.3 Å². The maximum atomic E-state index is 12.5. The van der Waals surface area contributed by atoms with Crippen LogP contribution in [-0.2, 0) is 14.6 Å². The zero-order chi connectivity index (χ0) is 16.6. The van der Waals surface area contributed by atoms with Gasteiger partial charge in [-0.05, 0) is 49.8 Å². The minimum Gasteiger partial charge on any atom is -0.508 e. The Hall–Kier alpha value is -1.27. The van der Waals surface area contributed by atoms with Gasteiger partial charge in [0.05, 0.1) is 15.7 Å². The van der Waals surface area contributed by atoms with Crippen molar-refractivity contribution in [3.63, 3.8) is 0 Å². The van der Waals surface area contributed by atoms with Crippen LogP contribution in [0.5, 0.6) is 5.75 Å². The number of phenols is 1. The Morgan fingerprint density at radius 2 is 1.87 bits per heavy atom. The lowest BCUT2D eigenvalue weighted by atomic mass is 9.98. The Morgan fingerprint density at radius 1 is 1.22 bits per heavy atom. The second kappa shape index (κ2) is 6.32. The smallest absolute Gasteiger partial charge is 0.225 e. The van der Waals surface area contributed by atoms with Gasteiger partial charge in [-0.2, -0.15) is 0 Å². The van der Waals surface area contributed by atoms with E-state index in [-0.39, 0.29) is 39.2 Å². The van der Waals surface area contributed by atoms with Crippen LogP contribution in [-0.4, -0.2) is 43.2 Å². The number of phenolic OH excluding ortho intramolecular Hbond substituents is 1. The molecule has 1 heterocycles. The Kier molecular flexibility index (Phi) is 4.56. The van der Waals surface area contributed by atoms with Gasteiger partial charge in [0, 0.05) is 19.0 Å². The Bertz CT molecular complexity index is 707. The van der Waals surface area contributed by atoms with Crippen LogP contribution in [0, 0.1) is 11.8 Å². The Labute approximate surface area is 141 Å². The second-order valence-corrected chi connectivity index (χ2v) is 8.85. The van der Waals surface area contributed by atoms with Gasteiger partial charge < -0.3 is 10.0 Å². The van der Waals surface area contributed by atoms with Crippen molar-refractivity contribution in [2.75, 3.05) is 18.8 Å². The van der Waals surface area contributed by atoms with E-state index in [0.717, 1.165) is 12.8 Å². The largest absolute Gasteiger partial charge is 0.508 e. The zero-order valence-electron chi connectivity index (χ0n) is 12.7. The highest BCUT2D eigenvalue weighted by Gasteiger charge is 2.35. The van der Waals surface area contributed by atoms with E-state index in [2.05, 4.69) is 0 Å². The standard InChI is InChI=1S/C16H20ClNO4S/c17-14-9-13(19)3-4-15(14)23(21,22)10-11-5-7-18(8-6-11)16(20)12-1-2-12/h3-4,9,11-12,19H,1-2,5-8,10H2. The Morgan fingerprint density at radius 3 is 2.43 bits per heavy atom. The van der Waals surface area contributed by atoms with Crippen LogP contribution < -0.4 is 0 Å². The van der Waals surface area contributed by atoms with Gasteiger partial charge in [0.15, 0.2) is 9.84 Å². The molecule has 7 heteroatoms. The van der Waals surface area contributed by atoms with Crippen molar-refractivity contribution < 1.29 is 18.3 Å². The minimum absolute atomic E-state index is 0.0307. The summed E-state index contributed by atoms with van der Waals surface area (Å²) in [4.78, 5) is 13.9. The minimum atomic E-state index is -3.50. The van der Waals surface area contributed by atoms with E-state index < -0.39 is 9.84 Å². The lowest BCUT2D eigenvalue weighted by Gasteiger charge is -2.32. The van der Waals surface area contributed by atoms with Crippen LogP contribution in [0.2, 0.25) is 5.02 Å². The fraction of sp³-hybridized carbons (Fsp3) is 0.562. The molecule has 1 saturated carbocycles. The van der Waals surface area contributed by atoms with Gasteiger partial charge in [0.1, 0.15) is 5.75 Å². The number of amides is 1. The predicted octanol–water partition coefficient (Wildman–Crippen LogP) is 2.47. The molecule has 1 aliphatic heterocycles. The molecule has 0 bridgehead atoms. The average Bonchev–Trinajstić information content (AvgIpc) is 3.31. The van der Waals surface area contributed by atoms with Crippen LogP contribution in [0.4, 0.5) is 0 Å². The molecule has 0 atom stereocenters. The van der Waals surface area contributed by atoms with E-state index >= 15 is 0 Å². The number of piperidine rings is 1. The van der Waals surface area contributed by atoms with E-state index in [1.807, 2.05) is 4.90 Å². The molecule has 23 heavy (non-hydrogen) atoms. The number of nitrogens with zero attached hydrogens (tertiary/aromatic N) is 1. The summed E-state index contributed by atoms with van der Waals surface area (Å²) in [5.41, 5.74) is 0. The van der Waals surface area contributed by atoms with Crippen molar-refractivity contribution in [1.29, 1.82) is 0 Å². The highest BCUT2D eigenvalue weighted by atomic mass is 35.5. The number of benzene rings is 1. The van der Waals surface area contributed by atoms with E-state index in [1.165, 1.54) is 18.2 Å². The van der Waals surface area contributed by atoms with Crippen molar-refractivity contribution in [3.8, 4) is 5.75 Å². The third-order valence-corrected chi connectivity index (χ3v) is 6.92. The Balaban J connectivity index is 1.62. The van der Waals surface area contributed by atoms with E-state index in [4.69, 9.17) is 11.6 Å². The summed E-state index contributed by atoms with van der Waals surface area (Å²) in [6, 6.07) is 3.92. The lowest BCUT2D eigenvalue weighted by molar-refractivity contribution is -0.133. The van der Waals surface area contributed by atoms with E-state index in [1.54, 1.807) is 0 Å². The summed E-state index contributed by atoms with van der Waals surface area (Å²) in [6.45, 7) is 1.28. The van der Waals surface area contributed by atoms with E-state index in [9.17, 15) is 18.3 Å². The molecule has 5 nitrogen and oxygen atoms in total. The average molecular weight is 358 g/mol. The molecule has 126 valence electrons. The second-order valence-electron chi connectivity index (χ2n) is 6.44. The molecule has 1 aromatic carbocycles. The molecule has 0 spiro atoms. The number of hydrogen-bond acceptors (Lipinski definition) is 4. The quantitative estimate of drug-likeness (QED) is 0.898. The first-order valence-corrected chi connectivity index (χ1v) is 9.90. The van der Waals surface area contributed by atoms with Crippen molar-refractivity contribution in [1.82, 2.24) is 4.90 Å². The molecule has 2 aliphatic rings. The lowest BCUT2D eigenvalue weighted by Crippen LogP contribution is -2.40. The molecule has 2 fully saturated rings. The molecule has 1 amide bonds. The van der Waals surface area contributed by atoms with Crippen LogP contribution >= 0.6 is 11.6 Å². The molecule has 0 aromatic heterocycles. The van der Waals surface area contributed by atoms with E-state index in [0.29, 0.717) is 25.9 Å². The van der Waals surface area contributed by atoms with Gasteiger partial charge in [-0.1, -0.05) is 11.6 Å². The number of carbonyl (C=O) groups is 1. The van der Waals surface area contributed by atoms with Crippen molar-refractivity contribution in [3.05, 3.63) is 23.2 Å². The molecule has 0 unspecified atom stereocenters. The number of likely N-dealkylation sites (tertiary alicyclic amines) is 1. The van der Waals surface area contributed by atoms with Gasteiger partial charge in [0.25, 0.3) is 0 Å². The number of carbonyl (C=O) groups excluding carboxylic acids is 1. The van der Waals surface area contributed by atoms with Crippen molar-refractivity contribution in [2.24, 2.45) is 11.8 Å². The van der Waals surface area contributed by atoms with Gasteiger partial charge in [-0.3, -0.25) is 4.79 Å². The SMILES string of the molecule is O=C(C1CC1)N1CCC(CS(=O)(=O)c2ccc(O)cc2Cl)CC1. The number of aromatic hydroxyl groups is 1. The first kappa shape index (κ1) is 16.6. The third kappa shape index (κ3) is 3.80. The zero-order valence-corrected chi connectivity index (χ0v) is 14.3. The normalized spacial score (nSPS) is 19.8. The summed E-state index contributed by atoms with van der Waals surface area (Å²) in [5, 5.41) is 9.39. The fourth-order valence-electron chi connectivity index (χ4n) is 3.05. The summed E-state index contributed by atoms with van der Waals surface area (Å²) in [6.07, 6.45) is 3.39. The fourth-order valence-corrected chi connectivity index (χ4v) is 5.34. The highest BCUT2D eigenvalue weighted by molar-refractivity contribution is 7.91. The summed E-state index contributed by atoms with van der Waals surface area (Å²) in [5.74, 6) is 0.455. The maximum Gasteiger partial charge on any atom is 0.225 e. The molecule has 1 aliphatic carbocycles. The maximum absolute atomic E-state index is 12.5. The number of rotatable bonds is 4. The van der Waals surface area contributed by atoms with Gasteiger partial charge in [0.2, 0.25) is 5.91 Å². The molecule has 0 radical (unpaired) electrons. The monoisotopic (exact) mass is 357 g/mol. The molecular weight excluding hydrogens is 338 g/mol. The van der Waals surface area contributed by atoms with Gasteiger partial charge >= 0.3 is 0 Å². The summed E-state index contributed by atoms with van der Waals surface area (Å²) >= 11 is 5.95. The molecule has 1 saturated heterocycles. The summed E-state index contributed by atoms with van der Waals surface area (Å²) in [7, 11) is -3.50. The van der Waals surface area contributed by atoms with Crippen LogP contribution in [0.25, 0.3) is 0 Å². The van der Waals surface area contributed by atoms with Crippen LogP contribution in [0.3, 0.4) is 0 Å². The molecular formula is C16H20ClNO4S. The number of sulfone groups is 1. The molecule has 1 aromatic rings.